The summed E-state index contributed by atoms with van der Waals surface area (Å²) in [5.74, 6) is -1.00. The van der Waals surface area contributed by atoms with E-state index in [9.17, 15) is 18.0 Å². The van der Waals surface area contributed by atoms with Gasteiger partial charge in [-0.1, -0.05) is 0 Å². The molecule has 1 aliphatic heterocycles. The summed E-state index contributed by atoms with van der Waals surface area (Å²) in [6.07, 6.45) is -6.61. The zero-order valence-corrected chi connectivity index (χ0v) is 8.70. The van der Waals surface area contributed by atoms with Crippen LogP contribution in [-0.4, -0.2) is 47.8 Å². The number of nitrogens with two attached hydrogens (primary N) is 1. The van der Waals surface area contributed by atoms with Crippen LogP contribution < -0.4 is 5.73 Å². The van der Waals surface area contributed by atoms with Gasteiger partial charge < -0.3 is 15.7 Å². The number of aliphatic hydroxyl groups is 1. The Kier molecular flexibility index (Phi) is 4.15. The molecule has 1 saturated heterocycles. The summed E-state index contributed by atoms with van der Waals surface area (Å²) in [6.45, 7) is 0.936. The van der Waals surface area contributed by atoms with Crippen molar-refractivity contribution in [3.8, 4) is 0 Å². The standard InChI is InChI=1S/C9H15F3N2O2/c10-9(11,12)7(15)8(16)14-3-1-6(5-13)2-4-14/h6-7,15H,1-5,13H2/t7-/m0/s1. The minimum absolute atomic E-state index is 0.230. The SMILES string of the molecule is NCC1CCN(C(=O)[C@H](O)C(F)(F)F)CC1. The summed E-state index contributed by atoms with van der Waals surface area (Å²) in [5.41, 5.74) is 5.42. The Morgan fingerprint density at radius 1 is 1.44 bits per heavy atom. The average molecular weight is 240 g/mol. The minimum atomic E-state index is -4.89. The van der Waals surface area contributed by atoms with Gasteiger partial charge in [-0.15, -0.1) is 0 Å². The van der Waals surface area contributed by atoms with Gasteiger partial charge in [0.15, 0.2) is 0 Å². The minimum Gasteiger partial charge on any atom is -0.376 e. The predicted molar refractivity (Wildman–Crippen MR) is 50.4 cm³/mol. The highest BCUT2D eigenvalue weighted by Crippen LogP contribution is 2.24. The monoisotopic (exact) mass is 240 g/mol. The van der Waals surface area contributed by atoms with Crippen LogP contribution in [0.25, 0.3) is 0 Å². The van der Waals surface area contributed by atoms with E-state index in [1.54, 1.807) is 0 Å². The Balaban J connectivity index is 2.51. The highest BCUT2D eigenvalue weighted by atomic mass is 19.4. The normalized spacial score (nSPS) is 20.9. The van der Waals surface area contributed by atoms with E-state index in [1.807, 2.05) is 0 Å². The lowest BCUT2D eigenvalue weighted by Crippen LogP contribution is -2.49. The molecule has 0 unspecified atom stereocenters. The van der Waals surface area contributed by atoms with E-state index in [4.69, 9.17) is 10.8 Å². The van der Waals surface area contributed by atoms with E-state index in [-0.39, 0.29) is 19.0 Å². The Bertz CT molecular complexity index is 250. The molecule has 0 saturated carbocycles. The molecule has 0 spiro atoms. The number of hydrogen-bond donors (Lipinski definition) is 2. The van der Waals surface area contributed by atoms with Crippen molar-refractivity contribution in [2.75, 3.05) is 19.6 Å². The molecule has 0 radical (unpaired) electrons. The molecule has 1 heterocycles. The first-order valence-electron chi connectivity index (χ1n) is 5.10. The predicted octanol–water partition coefficient (Wildman–Crippen LogP) is 0.107. The van der Waals surface area contributed by atoms with Gasteiger partial charge in [-0.3, -0.25) is 4.79 Å². The summed E-state index contributed by atoms with van der Waals surface area (Å²) < 4.78 is 36.2. The van der Waals surface area contributed by atoms with Gasteiger partial charge in [0.05, 0.1) is 0 Å². The number of likely N-dealkylation sites (tertiary alicyclic amines) is 1. The average Bonchev–Trinajstić information content (AvgIpc) is 2.26. The van der Waals surface area contributed by atoms with Crippen LogP contribution in [0.4, 0.5) is 13.2 Å². The Morgan fingerprint density at radius 2 is 1.94 bits per heavy atom. The van der Waals surface area contributed by atoms with Crippen LogP contribution in [-0.2, 0) is 4.79 Å². The van der Waals surface area contributed by atoms with Gasteiger partial charge in [-0.05, 0) is 25.3 Å². The maximum atomic E-state index is 12.1. The lowest BCUT2D eigenvalue weighted by atomic mass is 9.97. The zero-order chi connectivity index (χ0) is 12.3. The van der Waals surface area contributed by atoms with Crippen LogP contribution >= 0.6 is 0 Å². The molecule has 0 aromatic rings. The van der Waals surface area contributed by atoms with E-state index in [2.05, 4.69) is 0 Å². The van der Waals surface area contributed by atoms with E-state index in [0.29, 0.717) is 19.4 Å². The van der Waals surface area contributed by atoms with E-state index in [1.165, 1.54) is 0 Å². The number of nitrogens with zero attached hydrogens (tertiary/aromatic N) is 1. The smallest absolute Gasteiger partial charge is 0.376 e. The first-order valence-corrected chi connectivity index (χ1v) is 5.10. The molecular formula is C9H15F3N2O2. The first-order chi connectivity index (χ1) is 7.36. The number of carbonyl (C=O) groups excluding carboxylic acids is 1. The summed E-state index contributed by atoms with van der Waals surface area (Å²) in [4.78, 5) is 12.3. The third-order valence-electron chi connectivity index (χ3n) is 2.80. The fraction of sp³-hybridized carbons (Fsp3) is 0.889. The topological polar surface area (TPSA) is 66.6 Å². The van der Waals surface area contributed by atoms with Crippen molar-refractivity contribution in [2.45, 2.75) is 25.1 Å². The molecule has 0 aromatic heterocycles. The molecule has 16 heavy (non-hydrogen) atoms. The maximum absolute atomic E-state index is 12.1. The van der Waals surface area contributed by atoms with Crippen molar-refractivity contribution < 1.29 is 23.1 Å². The van der Waals surface area contributed by atoms with Gasteiger partial charge in [0, 0.05) is 13.1 Å². The molecule has 1 atom stereocenters. The number of piperidine rings is 1. The molecule has 1 amide bonds. The number of halogens is 3. The molecule has 7 heteroatoms. The van der Waals surface area contributed by atoms with E-state index in [0.717, 1.165) is 4.90 Å². The van der Waals surface area contributed by atoms with Crippen LogP contribution in [0, 0.1) is 5.92 Å². The largest absolute Gasteiger partial charge is 0.423 e. The third-order valence-corrected chi connectivity index (χ3v) is 2.80. The van der Waals surface area contributed by atoms with Gasteiger partial charge in [0.2, 0.25) is 6.10 Å². The Morgan fingerprint density at radius 3 is 2.31 bits per heavy atom. The third kappa shape index (κ3) is 3.08. The number of aliphatic hydroxyl groups excluding tert-OH is 1. The van der Waals surface area contributed by atoms with Crippen molar-refractivity contribution in [3.05, 3.63) is 0 Å². The number of rotatable bonds is 2. The van der Waals surface area contributed by atoms with Crippen LogP contribution in [0.15, 0.2) is 0 Å². The lowest BCUT2D eigenvalue weighted by molar-refractivity contribution is -0.211. The molecule has 0 aromatic carbocycles. The quantitative estimate of drug-likeness (QED) is 0.719. The number of alkyl halides is 3. The van der Waals surface area contributed by atoms with Gasteiger partial charge >= 0.3 is 6.18 Å². The molecule has 0 bridgehead atoms. The fourth-order valence-electron chi connectivity index (χ4n) is 1.70. The van der Waals surface area contributed by atoms with E-state index < -0.39 is 18.2 Å². The first kappa shape index (κ1) is 13.2. The highest BCUT2D eigenvalue weighted by molar-refractivity contribution is 5.81. The Labute approximate surface area is 91.2 Å². The van der Waals surface area contributed by atoms with Crippen molar-refractivity contribution in [3.63, 3.8) is 0 Å². The molecule has 1 fully saturated rings. The number of hydrogen-bond acceptors (Lipinski definition) is 3. The number of carbonyl (C=O) groups is 1. The summed E-state index contributed by atoms with van der Waals surface area (Å²) >= 11 is 0. The Hall–Kier alpha value is -0.820. The highest BCUT2D eigenvalue weighted by Gasteiger charge is 2.45. The van der Waals surface area contributed by atoms with Crippen molar-refractivity contribution >= 4 is 5.91 Å². The number of amides is 1. The summed E-state index contributed by atoms with van der Waals surface area (Å²) in [7, 11) is 0. The molecule has 94 valence electrons. The van der Waals surface area contributed by atoms with Crippen molar-refractivity contribution in [2.24, 2.45) is 11.7 Å². The van der Waals surface area contributed by atoms with Crippen LogP contribution in [0.2, 0.25) is 0 Å². The maximum Gasteiger partial charge on any atom is 0.423 e. The van der Waals surface area contributed by atoms with Gasteiger partial charge in [0.25, 0.3) is 5.91 Å². The fourth-order valence-corrected chi connectivity index (χ4v) is 1.70. The molecule has 0 aliphatic carbocycles. The molecule has 4 nitrogen and oxygen atoms in total. The van der Waals surface area contributed by atoms with Crippen molar-refractivity contribution in [1.29, 1.82) is 0 Å². The second-order valence-electron chi connectivity index (χ2n) is 3.95. The van der Waals surface area contributed by atoms with Crippen LogP contribution in [0.5, 0.6) is 0 Å². The van der Waals surface area contributed by atoms with Gasteiger partial charge in [0.1, 0.15) is 0 Å². The van der Waals surface area contributed by atoms with Gasteiger partial charge in [-0.25, -0.2) is 0 Å². The summed E-state index contributed by atoms with van der Waals surface area (Å²) in [5, 5.41) is 8.79. The molecular weight excluding hydrogens is 225 g/mol. The van der Waals surface area contributed by atoms with E-state index >= 15 is 0 Å². The van der Waals surface area contributed by atoms with Gasteiger partial charge in [-0.2, -0.15) is 13.2 Å². The lowest BCUT2D eigenvalue weighted by Gasteiger charge is -2.32. The molecule has 1 rings (SSSR count). The zero-order valence-electron chi connectivity index (χ0n) is 8.70. The molecule has 3 N–H and O–H groups in total. The van der Waals surface area contributed by atoms with Crippen LogP contribution in [0.1, 0.15) is 12.8 Å². The van der Waals surface area contributed by atoms with Crippen LogP contribution in [0.3, 0.4) is 0 Å². The van der Waals surface area contributed by atoms with Crippen molar-refractivity contribution in [1.82, 2.24) is 4.90 Å². The molecule has 1 aliphatic rings. The second-order valence-corrected chi connectivity index (χ2v) is 3.95. The summed E-state index contributed by atoms with van der Waals surface area (Å²) in [6, 6.07) is 0. The second kappa shape index (κ2) is 5.01.